The molecule has 1 unspecified atom stereocenters. The van der Waals surface area contributed by atoms with Crippen molar-refractivity contribution in [3.05, 3.63) is 82.4 Å². The van der Waals surface area contributed by atoms with Gasteiger partial charge in [0.25, 0.3) is 5.91 Å². The maximum atomic E-state index is 13.2. The molecule has 0 radical (unpaired) electrons. The minimum absolute atomic E-state index is 0.0103. The van der Waals surface area contributed by atoms with Crippen LogP contribution in [0.5, 0.6) is 5.75 Å². The fraction of sp³-hybridized carbons (Fsp3) is 0.296. The zero-order chi connectivity index (χ0) is 24.5. The molecule has 1 heterocycles. The number of ketones is 1. The molecule has 0 spiro atoms. The number of para-hydroxylation sites is 2. The number of ether oxygens (including phenoxy) is 2. The van der Waals surface area contributed by atoms with Gasteiger partial charge in [0.15, 0.2) is 12.4 Å². The second-order valence-corrected chi connectivity index (χ2v) is 9.39. The summed E-state index contributed by atoms with van der Waals surface area (Å²) in [7, 11) is 0. The van der Waals surface area contributed by atoms with Crippen LogP contribution in [-0.2, 0) is 14.3 Å². The van der Waals surface area contributed by atoms with Crippen molar-refractivity contribution in [1.82, 2.24) is 0 Å². The molecular formula is C27H27N3O4. The van der Waals surface area contributed by atoms with Crippen LogP contribution in [0.15, 0.2) is 71.3 Å². The van der Waals surface area contributed by atoms with Gasteiger partial charge >= 0.3 is 0 Å². The molecule has 0 fully saturated rings. The van der Waals surface area contributed by atoms with Crippen molar-refractivity contribution in [2.24, 2.45) is 11.1 Å². The van der Waals surface area contributed by atoms with Crippen molar-refractivity contribution in [3.8, 4) is 11.8 Å². The maximum absolute atomic E-state index is 13.2. The average molecular weight is 458 g/mol. The van der Waals surface area contributed by atoms with Crippen molar-refractivity contribution in [2.45, 2.75) is 39.5 Å². The summed E-state index contributed by atoms with van der Waals surface area (Å²) in [5.41, 5.74) is 8.68. The van der Waals surface area contributed by atoms with E-state index in [1.807, 2.05) is 45.0 Å². The molecule has 7 heteroatoms. The molecule has 7 nitrogen and oxygen atoms in total. The fourth-order valence-electron chi connectivity index (χ4n) is 4.49. The molecule has 2 aliphatic rings. The molecule has 2 aromatic rings. The van der Waals surface area contributed by atoms with Gasteiger partial charge in [-0.25, -0.2) is 0 Å². The first kappa shape index (κ1) is 23.1. The molecular weight excluding hydrogens is 430 g/mol. The number of nitrogens with one attached hydrogen (secondary N) is 1. The standard InChI is InChI=1S/C27H27N3O4/c1-16-8-4-6-10-19(16)30-23(32)15-33-21-11-7-5-9-17(21)24-18(14-28)26(29)34-22-13-27(2,3)12-20(31)25(22)24/h4-11,24H,12-13,15,29H2,1-3H3,(H,30,32). The van der Waals surface area contributed by atoms with Crippen LogP contribution in [0.1, 0.15) is 43.7 Å². The Kier molecular flexibility index (Phi) is 6.16. The molecule has 2 aromatic carbocycles. The first-order chi connectivity index (χ1) is 16.2. The van der Waals surface area contributed by atoms with Gasteiger partial charge in [-0.1, -0.05) is 50.2 Å². The van der Waals surface area contributed by atoms with E-state index < -0.39 is 5.92 Å². The van der Waals surface area contributed by atoms with Crippen molar-refractivity contribution in [2.75, 3.05) is 11.9 Å². The topological polar surface area (TPSA) is 114 Å². The molecule has 0 aromatic heterocycles. The number of anilines is 1. The molecule has 0 saturated carbocycles. The van der Waals surface area contributed by atoms with Crippen molar-refractivity contribution in [3.63, 3.8) is 0 Å². The van der Waals surface area contributed by atoms with Gasteiger partial charge in [0, 0.05) is 29.7 Å². The van der Waals surface area contributed by atoms with E-state index in [2.05, 4.69) is 11.4 Å². The summed E-state index contributed by atoms with van der Waals surface area (Å²) in [6.07, 6.45) is 0.873. The monoisotopic (exact) mass is 457 g/mol. The summed E-state index contributed by atoms with van der Waals surface area (Å²) in [6, 6.07) is 16.7. The second-order valence-electron chi connectivity index (χ2n) is 9.39. The third kappa shape index (κ3) is 4.53. The van der Waals surface area contributed by atoms with Gasteiger partial charge in [0.2, 0.25) is 5.88 Å². The van der Waals surface area contributed by atoms with Gasteiger partial charge in [0.1, 0.15) is 23.2 Å². The second kappa shape index (κ2) is 9.06. The van der Waals surface area contributed by atoms with Crippen LogP contribution in [0.3, 0.4) is 0 Å². The summed E-state index contributed by atoms with van der Waals surface area (Å²) >= 11 is 0. The Hall–Kier alpha value is -4.05. The minimum Gasteiger partial charge on any atom is -0.483 e. The quantitative estimate of drug-likeness (QED) is 0.685. The van der Waals surface area contributed by atoms with Crippen LogP contribution in [0, 0.1) is 23.7 Å². The third-order valence-electron chi connectivity index (χ3n) is 6.08. The lowest BCUT2D eigenvalue weighted by molar-refractivity contribution is -0.119. The Morgan fingerprint density at radius 2 is 1.91 bits per heavy atom. The zero-order valence-electron chi connectivity index (χ0n) is 19.5. The summed E-state index contributed by atoms with van der Waals surface area (Å²) in [4.78, 5) is 25.7. The number of nitriles is 1. The number of allylic oxidation sites excluding steroid dienone is 3. The van der Waals surface area contributed by atoms with Crippen LogP contribution in [0.4, 0.5) is 5.69 Å². The lowest BCUT2D eigenvalue weighted by atomic mass is 9.70. The minimum atomic E-state index is -0.715. The molecule has 34 heavy (non-hydrogen) atoms. The van der Waals surface area contributed by atoms with Crippen molar-refractivity contribution >= 4 is 17.4 Å². The van der Waals surface area contributed by atoms with E-state index in [0.29, 0.717) is 41.2 Å². The van der Waals surface area contributed by atoms with Gasteiger partial charge < -0.3 is 20.5 Å². The SMILES string of the molecule is Cc1ccccc1NC(=O)COc1ccccc1C1C(C#N)=C(N)OC2=C1C(=O)CC(C)(C)C2. The highest BCUT2D eigenvalue weighted by molar-refractivity contribution is 6.00. The van der Waals surface area contributed by atoms with E-state index in [1.165, 1.54) is 0 Å². The average Bonchev–Trinajstić information content (AvgIpc) is 2.77. The summed E-state index contributed by atoms with van der Waals surface area (Å²) in [6.45, 7) is 5.67. The molecule has 1 atom stereocenters. The summed E-state index contributed by atoms with van der Waals surface area (Å²) in [5, 5.41) is 12.7. The highest BCUT2D eigenvalue weighted by atomic mass is 16.5. The smallest absolute Gasteiger partial charge is 0.262 e. The van der Waals surface area contributed by atoms with E-state index in [0.717, 1.165) is 5.56 Å². The van der Waals surface area contributed by atoms with Gasteiger partial charge in [-0.3, -0.25) is 9.59 Å². The Bertz CT molecular complexity index is 1270. The molecule has 4 rings (SSSR count). The Morgan fingerprint density at radius 3 is 2.65 bits per heavy atom. The number of rotatable bonds is 5. The van der Waals surface area contributed by atoms with Crippen LogP contribution in [-0.4, -0.2) is 18.3 Å². The largest absolute Gasteiger partial charge is 0.483 e. The first-order valence-corrected chi connectivity index (χ1v) is 11.1. The lowest BCUT2D eigenvalue weighted by Gasteiger charge is -2.37. The van der Waals surface area contributed by atoms with Gasteiger partial charge in [-0.15, -0.1) is 0 Å². The number of Topliss-reactive ketones (excluding diaryl/α,β-unsaturated/α-hetero) is 1. The van der Waals surface area contributed by atoms with Crippen LogP contribution in [0.2, 0.25) is 0 Å². The third-order valence-corrected chi connectivity index (χ3v) is 6.08. The number of nitrogens with two attached hydrogens (primary N) is 1. The normalized spacial score (nSPS) is 19.1. The van der Waals surface area contributed by atoms with E-state index in [1.54, 1.807) is 24.3 Å². The van der Waals surface area contributed by atoms with Crippen LogP contribution >= 0.6 is 0 Å². The van der Waals surface area contributed by atoms with Gasteiger partial charge in [0.05, 0.1) is 5.92 Å². The van der Waals surface area contributed by atoms with Gasteiger partial charge in [-0.2, -0.15) is 5.26 Å². The van der Waals surface area contributed by atoms with E-state index in [-0.39, 0.29) is 35.2 Å². The Morgan fingerprint density at radius 1 is 1.21 bits per heavy atom. The molecule has 3 N–H and O–H groups in total. The lowest BCUT2D eigenvalue weighted by Crippen LogP contribution is -2.33. The predicted octanol–water partition coefficient (Wildman–Crippen LogP) is 4.46. The molecule has 0 saturated heterocycles. The Labute approximate surface area is 198 Å². The van der Waals surface area contributed by atoms with Crippen LogP contribution in [0.25, 0.3) is 0 Å². The predicted molar refractivity (Wildman–Crippen MR) is 127 cm³/mol. The number of carbonyl (C=O) groups is 2. The number of amides is 1. The Balaban J connectivity index is 1.65. The fourth-order valence-corrected chi connectivity index (χ4v) is 4.49. The molecule has 1 amide bonds. The number of nitrogens with zero attached hydrogens (tertiary/aromatic N) is 1. The number of hydrogen-bond acceptors (Lipinski definition) is 6. The first-order valence-electron chi connectivity index (χ1n) is 11.1. The van der Waals surface area contributed by atoms with E-state index in [9.17, 15) is 14.9 Å². The molecule has 1 aliphatic carbocycles. The van der Waals surface area contributed by atoms with Crippen molar-refractivity contribution < 1.29 is 19.1 Å². The zero-order valence-corrected chi connectivity index (χ0v) is 19.5. The van der Waals surface area contributed by atoms with Gasteiger partial charge in [-0.05, 0) is 30.0 Å². The number of hydrogen-bond donors (Lipinski definition) is 2. The maximum Gasteiger partial charge on any atom is 0.262 e. The molecule has 174 valence electrons. The number of aryl methyl sites for hydroxylation is 1. The summed E-state index contributed by atoms with van der Waals surface area (Å²) < 4.78 is 11.6. The highest BCUT2D eigenvalue weighted by Crippen LogP contribution is 2.49. The number of benzene rings is 2. The van der Waals surface area contributed by atoms with Crippen molar-refractivity contribution in [1.29, 1.82) is 5.26 Å². The number of carbonyl (C=O) groups excluding carboxylic acids is 2. The van der Waals surface area contributed by atoms with Crippen LogP contribution < -0.4 is 15.8 Å². The molecule has 0 bridgehead atoms. The molecule has 1 aliphatic heterocycles. The summed E-state index contributed by atoms with van der Waals surface area (Å²) in [5.74, 6) is -0.225. The van der Waals surface area contributed by atoms with E-state index in [4.69, 9.17) is 15.2 Å². The van der Waals surface area contributed by atoms with E-state index >= 15 is 0 Å². The highest BCUT2D eigenvalue weighted by Gasteiger charge is 2.43.